The second-order valence-corrected chi connectivity index (χ2v) is 5.02. The van der Waals surface area contributed by atoms with Crippen molar-refractivity contribution in [2.24, 2.45) is 0 Å². The quantitative estimate of drug-likeness (QED) is 0.802. The van der Waals surface area contributed by atoms with Gasteiger partial charge in [0.05, 0.1) is 5.60 Å². The van der Waals surface area contributed by atoms with E-state index in [1.807, 2.05) is 18.7 Å². The Morgan fingerprint density at radius 1 is 1.25 bits per heavy atom. The van der Waals surface area contributed by atoms with Crippen LogP contribution in [0.4, 0.5) is 4.79 Å². The van der Waals surface area contributed by atoms with E-state index in [2.05, 4.69) is 5.32 Å². The minimum atomic E-state index is -0.290. The maximum atomic E-state index is 11.9. The lowest BCUT2D eigenvalue weighted by Gasteiger charge is -2.26. The summed E-state index contributed by atoms with van der Waals surface area (Å²) in [6, 6.07) is 0.0482. The first-order valence-corrected chi connectivity index (χ1v) is 6.13. The molecular formula is C12H24N2O2. The van der Waals surface area contributed by atoms with Gasteiger partial charge in [-0.25, -0.2) is 4.79 Å². The Labute approximate surface area is 98.3 Å². The lowest BCUT2D eigenvalue weighted by Crippen LogP contribution is -2.46. The number of amides is 2. The normalized spacial score (nSPS) is 18.1. The minimum absolute atomic E-state index is 0.0482. The minimum Gasteiger partial charge on any atom is -0.377 e. The first kappa shape index (κ1) is 13.3. The molecule has 0 spiro atoms. The lowest BCUT2D eigenvalue weighted by atomic mass is 10.1. The van der Waals surface area contributed by atoms with Gasteiger partial charge >= 0.3 is 6.03 Å². The largest absolute Gasteiger partial charge is 0.377 e. The number of likely N-dealkylation sites (tertiary alicyclic amines) is 1. The average Bonchev–Trinajstić information content (AvgIpc) is 2.54. The molecule has 1 rings (SSSR count). The molecule has 0 atom stereocenters. The fraction of sp³-hybridized carbons (Fsp3) is 0.917. The van der Waals surface area contributed by atoms with Crippen molar-refractivity contribution in [1.82, 2.24) is 10.2 Å². The molecule has 1 N–H and O–H groups in total. The zero-order valence-electron chi connectivity index (χ0n) is 10.7. The molecule has 1 heterocycles. The zero-order chi connectivity index (χ0) is 12.0. The van der Waals surface area contributed by atoms with Gasteiger partial charge < -0.3 is 15.0 Å². The van der Waals surface area contributed by atoms with Gasteiger partial charge in [-0.15, -0.1) is 0 Å². The predicted molar refractivity (Wildman–Crippen MR) is 64.5 cm³/mol. The standard InChI is InChI=1S/C12H24N2O2/c1-12(2,16-3)10-13-11(15)14-8-6-4-5-7-9-14/h4-10H2,1-3H3,(H,13,15). The molecule has 0 aromatic heterocycles. The maximum absolute atomic E-state index is 11.9. The summed E-state index contributed by atoms with van der Waals surface area (Å²) >= 11 is 0. The number of carbonyl (C=O) groups is 1. The van der Waals surface area contributed by atoms with Gasteiger partial charge in [0.1, 0.15) is 0 Å². The van der Waals surface area contributed by atoms with E-state index in [4.69, 9.17) is 4.74 Å². The Morgan fingerprint density at radius 2 is 1.81 bits per heavy atom. The Kier molecular flexibility index (Phi) is 5.06. The van der Waals surface area contributed by atoms with Crippen LogP contribution in [0.5, 0.6) is 0 Å². The van der Waals surface area contributed by atoms with Crippen molar-refractivity contribution in [2.75, 3.05) is 26.7 Å². The molecule has 16 heavy (non-hydrogen) atoms. The molecule has 0 aliphatic carbocycles. The number of hydrogen-bond acceptors (Lipinski definition) is 2. The van der Waals surface area contributed by atoms with Crippen molar-refractivity contribution >= 4 is 6.03 Å². The molecule has 4 nitrogen and oxygen atoms in total. The highest BCUT2D eigenvalue weighted by atomic mass is 16.5. The highest BCUT2D eigenvalue weighted by Crippen LogP contribution is 2.10. The molecule has 0 bridgehead atoms. The number of nitrogens with zero attached hydrogens (tertiary/aromatic N) is 1. The van der Waals surface area contributed by atoms with Gasteiger partial charge in [-0.3, -0.25) is 0 Å². The topological polar surface area (TPSA) is 41.6 Å². The van der Waals surface area contributed by atoms with Gasteiger partial charge in [-0.05, 0) is 26.7 Å². The third kappa shape index (κ3) is 4.39. The van der Waals surface area contributed by atoms with E-state index in [0.717, 1.165) is 25.9 Å². The smallest absolute Gasteiger partial charge is 0.317 e. The summed E-state index contributed by atoms with van der Waals surface area (Å²) in [5.41, 5.74) is -0.290. The van der Waals surface area contributed by atoms with Crippen molar-refractivity contribution in [3.8, 4) is 0 Å². The molecule has 0 saturated carbocycles. The molecule has 0 unspecified atom stereocenters. The predicted octanol–water partition coefficient (Wildman–Crippen LogP) is 2.00. The summed E-state index contributed by atoms with van der Waals surface area (Å²) < 4.78 is 5.27. The highest BCUT2D eigenvalue weighted by molar-refractivity contribution is 5.74. The summed E-state index contributed by atoms with van der Waals surface area (Å²) in [6.45, 7) is 6.27. The molecule has 0 aromatic carbocycles. The van der Waals surface area contributed by atoms with Gasteiger partial charge in [-0.1, -0.05) is 12.8 Å². The monoisotopic (exact) mass is 228 g/mol. The van der Waals surface area contributed by atoms with Crippen LogP contribution in [-0.2, 0) is 4.74 Å². The van der Waals surface area contributed by atoms with Crippen LogP contribution >= 0.6 is 0 Å². The first-order chi connectivity index (χ1) is 7.55. The lowest BCUT2D eigenvalue weighted by molar-refractivity contribution is 0.0243. The molecule has 4 heteroatoms. The van der Waals surface area contributed by atoms with Crippen molar-refractivity contribution in [2.45, 2.75) is 45.1 Å². The number of hydrogen-bond donors (Lipinski definition) is 1. The van der Waals surface area contributed by atoms with E-state index in [-0.39, 0.29) is 11.6 Å². The Balaban J connectivity index is 2.33. The summed E-state index contributed by atoms with van der Waals surface area (Å²) in [5.74, 6) is 0. The third-order valence-corrected chi connectivity index (χ3v) is 3.11. The molecule has 0 aromatic rings. The molecular weight excluding hydrogens is 204 g/mol. The summed E-state index contributed by atoms with van der Waals surface area (Å²) in [4.78, 5) is 13.8. The summed E-state index contributed by atoms with van der Waals surface area (Å²) in [5, 5.41) is 2.93. The SMILES string of the molecule is COC(C)(C)CNC(=O)N1CCCCCC1. The van der Waals surface area contributed by atoms with Crippen molar-refractivity contribution in [3.05, 3.63) is 0 Å². The summed E-state index contributed by atoms with van der Waals surface area (Å²) in [6.07, 6.45) is 4.74. The molecule has 1 aliphatic heterocycles. The molecule has 2 amide bonds. The van der Waals surface area contributed by atoms with Gasteiger partial charge in [0.15, 0.2) is 0 Å². The number of methoxy groups -OCH3 is 1. The van der Waals surface area contributed by atoms with Crippen LogP contribution in [0.15, 0.2) is 0 Å². The van der Waals surface area contributed by atoms with Gasteiger partial charge in [-0.2, -0.15) is 0 Å². The van der Waals surface area contributed by atoms with Gasteiger partial charge in [0.25, 0.3) is 0 Å². The zero-order valence-corrected chi connectivity index (χ0v) is 10.7. The van der Waals surface area contributed by atoms with E-state index in [9.17, 15) is 4.79 Å². The number of ether oxygens (including phenoxy) is 1. The van der Waals surface area contributed by atoms with E-state index < -0.39 is 0 Å². The van der Waals surface area contributed by atoms with Crippen LogP contribution in [0.25, 0.3) is 0 Å². The molecule has 0 radical (unpaired) electrons. The molecule has 1 aliphatic rings. The number of urea groups is 1. The highest BCUT2D eigenvalue weighted by Gasteiger charge is 2.20. The number of carbonyl (C=O) groups excluding carboxylic acids is 1. The Morgan fingerprint density at radius 3 is 2.31 bits per heavy atom. The van der Waals surface area contributed by atoms with E-state index >= 15 is 0 Å². The van der Waals surface area contributed by atoms with Crippen LogP contribution in [-0.4, -0.2) is 43.3 Å². The van der Waals surface area contributed by atoms with E-state index in [1.165, 1.54) is 12.8 Å². The van der Waals surface area contributed by atoms with Crippen LogP contribution in [0, 0.1) is 0 Å². The van der Waals surface area contributed by atoms with Crippen molar-refractivity contribution in [3.63, 3.8) is 0 Å². The van der Waals surface area contributed by atoms with E-state index in [0.29, 0.717) is 6.54 Å². The van der Waals surface area contributed by atoms with E-state index in [1.54, 1.807) is 7.11 Å². The molecule has 94 valence electrons. The second-order valence-electron chi connectivity index (χ2n) is 5.02. The number of nitrogens with one attached hydrogen (secondary N) is 1. The van der Waals surface area contributed by atoms with Crippen LogP contribution in [0.1, 0.15) is 39.5 Å². The van der Waals surface area contributed by atoms with Crippen LogP contribution in [0.2, 0.25) is 0 Å². The first-order valence-electron chi connectivity index (χ1n) is 6.13. The maximum Gasteiger partial charge on any atom is 0.317 e. The average molecular weight is 228 g/mol. The Hall–Kier alpha value is -0.770. The van der Waals surface area contributed by atoms with Crippen molar-refractivity contribution < 1.29 is 9.53 Å². The van der Waals surface area contributed by atoms with Crippen LogP contribution in [0.3, 0.4) is 0 Å². The van der Waals surface area contributed by atoms with Gasteiger partial charge in [0, 0.05) is 26.7 Å². The fourth-order valence-electron chi connectivity index (χ4n) is 1.75. The fourth-order valence-corrected chi connectivity index (χ4v) is 1.75. The molecule has 1 fully saturated rings. The Bertz CT molecular complexity index is 221. The van der Waals surface area contributed by atoms with Gasteiger partial charge in [0.2, 0.25) is 0 Å². The van der Waals surface area contributed by atoms with Crippen molar-refractivity contribution in [1.29, 1.82) is 0 Å². The molecule has 1 saturated heterocycles. The van der Waals surface area contributed by atoms with Crippen LogP contribution < -0.4 is 5.32 Å². The third-order valence-electron chi connectivity index (χ3n) is 3.11. The number of rotatable bonds is 3. The second kappa shape index (κ2) is 6.09. The summed E-state index contributed by atoms with van der Waals surface area (Å²) in [7, 11) is 1.66.